The van der Waals surface area contributed by atoms with Gasteiger partial charge < -0.3 is 4.98 Å². The Kier molecular flexibility index (Phi) is 2.39. The van der Waals surface area contributed by atoms with Crippen molar-refractivity contribution in [3.63, 3.8) is 0 Å². The van der Waals surface area contributed by atoms with Crippen molar-refractivity contribution >= 4 is 21.1 Å². The largest absolute Gasteiger partial charge is 0.361 e. The van der Waals surface area contributed by atoms with E-state index >= 15 is 0 Å². The van der Waals surface area contributed by atoms with Crippen LogP contribution in [0.25, 0.3) is 22.0 Å². The highest BCUT2D eigenvalue weighted by Crippen LogP contribution is 3.02. The molecule has 3 aromatic rings. The molecular weight excluding hydrogens is 309 g/mol. The number of aromatic amines is 1. The van der Waals surface area contributed by atoms with Crippen LogP contribution in [0, 0.1) is 0 Å². The highest BCUT2D eigenvalue weighted by Gasteiger charge is 2.65. The second-order valence-corrected chi connectivity index (χ2v) is 7.15. The van der Waals surface area contributed by atoms with E-state index < -0.39 is 15.1 Å². The van der Waals surface area contributed by atoms with Gasteiger partial charge in [-0.05, 0) is 23.8 Å². The van der Waals surface area contributed by atoms with Crippen LogP contribution in [0.5, 0.6) is 0 Å². The summed E-state index contributed by atoms with van der Waals surface area (Å²) in [5.41, 5.74) is 1.93. The fourth-order valence-electron chi connectivity index (χ4n) is 2.20. The predicted octanol–water partition coefficient (Wildman–Crippen LogP) is 6.49. The lowest BCUT2D eigenvalue weighted by Crippen LogP contribution is -2.05. The number of halogens is 5. The summed E-state index contributed by atoms with van der Waals surface area (Å²) < 4.78 is 63.3. The Bertz CT molecular complexity index is 818. The summed E-state index contributed by atoms with van der Waals surface area (Å²) in [6.45, 7) is 0. The average Bonchev–Trinajstić information content (AvgIpc) is 2.80. The monoisotopic (exact) mass is 319 g/mol. The summed E-state index contributed by atoms with van der Waals surface area (Å²) in [6.07, 6.45) is 1.64. The number of benzene rings is 2. The maximum Gasteiger partial charge on any atom is 0.310 e. The highest BCUT2D eigenvalue weighted by atomic mass is 32.5. The molecule has 0 amide bonds. The minimum atomic E-state index is -9.61. The Morgan fingerprint density at radius 2 is 1.38 bits per heavy atom. The Balaban J connectivity index is 2.11. The number of nitrogens with one attached hydrogen (secondary N) is 1. The maximum absolute atomic E-state index is 12.7. The molecule has 1 heterocycles. The zero-order valence-electron chi connectivity index (χ0n) is 10.5. The van der Waals surface area contributed by atoms with Gasteiger partial charge in [0.1, 0.15) is 4.90 Å². The first-order valence-electron chi connectivity index (χ1n) is 5.95. The van der Waals surface area contributed by atoms with Gasteiger partial charge >= 0.3 is 10.2 Å². The molecule has 0 aliphatic rings. The van der Waals surface area contributed by atoms with Crippen LogP contribution >= 0.6 is 10.2 Å². The van der Waals surface area contributed by atoms with Crippen LogP contribution in [0.15, 0.2) is 59.6 Å². The number of hydrogen-bond acceptors (Lipinski definition) is 0. The van der Waals surface area contributed by atoms with E-state index in [4.69, 9.17) is 0 Å². The zero-order chi connectivity index (χ0) is 15.4. The lowest BCUT2D eigenvalue weighted by molar-refractivity contribution is 0.364. The smallest absolute Gasteiger partial charge is 0.310 e. The zero-order valence-corrected chi connectivity index (χ0v) is 11.3. The first kappa shape index (κ1) is 13.9. The normalized spacial score (nSPS) is 15.7. The molecule has 112 valence electrons. The van der Waals surface area contributed by atoms with Gasteiger partial charge in [0.25, 0.3) is 0 Å². The van der Waals surface area contributed by atoms with Crippen molar-refractivity contribution in [3.8, 4) is 11.1 Å². The molecule has 1 aromatic heterocycles. The molecule has 1 N–H and O–H groups in total. The molecule has 0 unspecified atom stereocenters. The van der Waals surface area contributed by atoms with Crippen LogP contribution in [0.4, 0.5) is 19.4 Å². The molecule has 0 radical (unpaired) electrons. The van der Waals surface area contributed by atoms with Crippen LogP contribution in [-0.2, 0) is 0 Å². The van der Waals surface area contributed by atoms with Gasteiger partial charge in [0, 0.05) is 22.7 Å². The molecule has 1 nitrogen and oxygen atoms in total. The van der Waals surface area contributed by atoms with Crippen LogP contribution < -0.4 is 0 Å². The summed E-state index contributed by atoms with van der Waals surface area (Å²) in [5.74, 6) is 0. The van der Waals surface area contributed by atoms with E-state index in [9.17, 15) is 19.4 Å². The van der Waals surface area contributed by atoms with Gasteiger partial charge in [-0.1, -0.05) is 49.8 Å². The van der Waals surface area contributed by atoms with Gasteiger partial charge in [0.15, 0.2) is 0 Å². The molecular formula is C14H10F5NS. The molecule has 0 aliphatic carbocycles. The first-order valence-corrected chi connectivity index (χ1v) is 7.90. The van der Waals surface area contributed by atoms with Crippen molar-refractivity contribution in [1.82, 2.24) is 4.98 Å². The first-order chi connectivity index (χ1) is 9.54. The standard InChI is InChI=1S/C14H10F5NS/c15-21(16,17,18,19)11-7-5-10(6-8-11)13-9-20-14-4-2-1-3-12(13)14/h1-9,20H. The summed E-state index contributed by atoms with van der Waals surface area (Å²) in [7, 11) is -9.61. The molecule has 7 heteroatoms. The fraction of sp³-hybridized carbons (Fsp3) is 0. The Labute approximate surface area is 117 Å². The molecule has 0 saturated carbocycles. The number of para-hydroxylation sites is 1. The number of hydrogen-bond donors (Lipinski definition) is 1. The van der Waals surface area contributed by atoms with E-state index in [0.717, 1.165) is 23.0 Å². The van der Waals surface area contributed by atoms with Crippen molar-refractivity contribution in [1.29, 1.82) is 0 Å². The maximum atomic E-state index is 12.7. The van der Waals surface area contributed by atoms with Crippen molar-refractivity contribution < 1.29 is 19.4 Å². The van der Waals surface area contributed by atoms with Crippen LogP contribution in [0.2, 0.25) is 0 Å². The lowest BCUT2D eigenvalue weighted by Gasteiger charge is -2.40. The van der Waals surface area contributed by atoms with Crippen molar-refractivity contribution in [2.75, 3.05) is 0 Å². The van der Waals surface area contributed by atoms with E-state index in [1.54, 1.807) is 18.3 Å². The minimum Gasteiger partial charge on any atom is -0.361 e. The molecule has 0 atom stereocenters. The van der Waals surface area contributed by atoms with Gasteiger partial charge in [-0.3, -0.25) is 0 Å². The molecule has 2 aromatic carbocycles. The van der Waals surface area contributed by atoms with Crippen molar-refractivity contribution in [2.45, 2.75) is 4.90 Å². The number of rotatable bonds is 2. The van der Waals surface area contributed by atoms with Crippen LogP contribution in [-0.4, -0.2) is 4.98 Å². The SMILES string of the molecule is FS(F)(F)(F)(F)c1ccc(-c2c[nH]c3ccccc23)cc1. The fourth-order valence-corrected chi connectivity index (χ4v) is 2.85. The molecule has 0 bridgehead atoms. The minimum absolute atomic E-state index is 0.429. The van der Waals surface area contributed by atoms with E-state index in [-0.39, 0.29) is 0 Å². The number of fused-ring (bicyclic) bond motifs is 1. The molecule has 3 rings (SSSR count). The van der Waals surface area contributed by atoms with Crippen LogP contribution in [0.1, 0.15) is 0 Å². The summed E-state index contributed by atoms with van der Waals surface area (Å²) in [6, 6.07) is 10.2. The number of aromatic nitrogens is 1. The molecule has 0 saturated heterocycles. The lowest BCUT2D eigenvalue weighted by atomic mass is 10.1. The molecule has 0 fully saturated rings. The van der Waals surface area contributed by atoms with Crippen molar-refractivity contribution in [2.24, 2.45) is 0 Å². The van der Waals surface area contributed by atoms with Gasteiger partial charge in [-0.15, -0.1) is 0 Å². The summed E-state index contributed by atoms with van der Waals surface area (Å²) in [4.78, 5) is 1.11. The van der Waals surface area contributed by atoms with Crippen molar-refractivity contribution in [3.05, 3.63) is 54.7 Å². The third kappa shape index (κ3) is 2.61. The topological polar surface area (TPSA) is 15.8 Å². The van der Waals surface area contributed by atoms with Gasteiger partial charge in [0.05, 0.1) is 0 Å². The second-order valence-electron chi connectivity index (χ2n) is 4.74. The Morgan fingerprint density at radius 1 is 0.762 bits per heavy atom. The van der Waals surface area contributed by atoms with E-state index in [2.05, 4.69) is 4.98 Å². The average molecular weight is 319 g/mol. The second kappa shape index (κ2) is 3.59. The van der Waals surface area contributed by atoms with E-state index in [0.29, 0.717) is 23.3 Å². The predicted molar refractivity (Wildman–Crippen MR) is 75.1 cm³/mol. The number of H-pyrrole nitrogens is 1. The molecule has 21 heavy (non-hydrogen) atoms. The Hall–Kier alpha value is -2.02. The third-order valence-electron chi connectivity index (χ3n) is 3.20. The van der Waals surface area contributed by atoms with E-state index in [1.165, 1.54) is 0 Å². The Morgan fingerprint density at radius 3 is 2.00 bits per heavy atom. The van der Waals surface area contributed by atoms with Gasteiger partial charge in [0.2, 0.25) is 0 Å². The van der Waals surface area contributed by atoms with E-state index in [1.807, 2.05) is 12.1 Å². The summed E-state index contributed by atoms with van der Waals surface area (Å²) >= 11 is 0. The third-order valence-corrected chi connectivity index (χ3v) is 4.36. The molecule has 0 spiro atoms. The van der Waals surface area contributed by atoms with Gasteiger partial charge in [-0.25, -0.2) is 0 Å². The summed E-state index contributed by atoms with van der Waals surface area (Å²) in [5, 5.41) is 0.817. The van der Waals surface area contributed by atoms with Gasteiger partial charge in [-0.2, -0.15) is 0 Å². The highest BCUT2D eigenvalue weighted by molar-refractivity contribution is 8.45. The molecule has 0 aliphatic heterocycles. The van der Waals surface area contributed by atoms with Crippen LogP contribution in [0.3, 0.4) is 0 Å². The quantitative estimate of drug-likeness (QED) is 0.519.